The van der Waals surface area contributed by atoms with Crippen LogP contribution in [0, 0.1) is 6.92 Å². The molecule has 0 aliphatic rings. The average molecular weight is 245 g/mol. The molecule has 3 heterocycles. The van der Waals surface area contributed by atoms with Crippen molar-refractivity contribution in [2.24, 2.45) is 7.05 Å². The summed E-state index contributed by atoms with van der Waals surface area (Å²) in [5.74, 6) is 2.03. The van der Waals surface area contributed by atoms with Gasteiger partial charge in [-0.1, -0.05) is 5.16 Å². The van der Waals surface area contributed by atoms with Gasteiger partial charge in [0.15, 0.2) is 0 Å². The Morgan fingerprint density at radius 2 is 2.17 bits per heavy atom. The standard InChI is InChI=1S/C11H11N5O2/c1-6-7(3-4-17-6)10-14-11(18-15-10)8-5-13-16(2)9(8)12/h3-5H,12H2,1-2H3. The first-order valence-corrected chi connectivity index (χ1v) is 5.33. The molecule has 0 radical (unpaired) electrons. The summed E-state index contributed by atoms with van der Waals surface area (Å²) in [5.41, 5.74) is 7.27. The van der Waals surface area contributed by atoms with Gasteiger partial charge in [0.05, 0.1) is 18.0 Å². The van der Waals surface area contributed by atoms with Crippen molar-refractivity contribution in [3.05, 3.63) is 24.3 Å². The van der Waals surface area contributed by atoms with Crippen LogP contribution in [0.25, 0.3) is 22.8 Å². The van der Waals surface area contributed by atoms with E-state index >= 15 is 0 Å². The molecule has 92 valence electrons. The second-order valence-corrected chi connectivity index (χ2v) is 3.88. The van der Waals surface area contributed by atoms with Crippen LogP contribution in [-0.4, -0.2) is 19.9 Å². The summed E-state index contributed by atoms with van der Waals surface area (Å²) in [6, 6.07) is 1.79. The van der Waals surface area contributed by atoms with E-state index in [1.54, 1.807) is 30.3 Å². The molecular weight excluding hydrogens is 234 g/mol. The highest BCUT2D eigenvalue weighted by Crippen LogP contribution is 2.27. The smallest absolute Gasteiger partial charge is 0.263 e. The third-order valence-corrected chi connectivity index (χ3v) is 2.74. The highest BCUT2D eigenvalue weighted by atomic mass is 16.5. The van der Waals surface area contributed by atoms with Gasteiger partial charge in [-0.3, -0.25) is 4.68 Å². The maximum atomic E-state index is 5.85. The summed E-state index contributed by atoms with van der Waals surface area (Å²) >= 11 is 0. The lowest BCUT2D eigenvalue weighted by atomic mass is 10.2. The van der Waals surface area contributed by atoms with Crippen LogP contribution in [0.2, 0.25) is 0 Å². The van der Waals surface area contributed by atoms with Gasteiger partial charge in [-0.15, -0.1) is 0 Å². The zero-order valence-corrected chi connectivity index (χ0v) is 9.91. The summed E-state index contributed by atoms with van der Waals surface area (Å²) in [6.45, 7) is 1.84. The van der Waals surface area contributed by atoms with E-state index in [1.807, 2.05) is 6.92 Å². The fourth-order valence-electron chi connectivity index (χ4n) is 1.67. The van der Waals surface area contributed by atoms with Gasteiger partial charge >= 0.3 is 0 Å². The van der Waals surface area contributed by atoms with Gasteiger partial charge in [0.2, 0.25) is 5.82 Å². The lowest BCUT2D eigenvalue weighted by Crippen LogP contribution is -1.98. The lowest BCUT2D eigenvalue weighted by Gasteiger charge is -1.93. The first-order valence-electron chi connectivity index (χ1n) is 5.33. The number of nitrogens with zero attached hydrogens (tertiary/aromatic N) is 4. The van der Waals surface area contributed by atoms with E-state index in [4.69, 9.17) is 14.7 Å². The molecule has 0 fully saturated rings. The molecule has 3 aromatic heterocycles. The van der Waals surface area contributed by atoms with Crippen LogP contribution in [-0.2, 0) is 7.05 Å². The van der Waals surface area contributed by atoms with Crippen LogP contribution in [0.5, 0.6) is 0 Å². The van der Waals surface area contributed by atoms with E-state index in [0.29, 0.717) is 23.1 Å². The van der Waals surface area contributed by atoms with Crippen LogP contribution in [0.1, 0.15) is 5.76 Å². The van der Waals surface area contributed by atoms with E-state index in [9.17, 15) is 0 Å². The quantitative estimate of drug-likeness (QED) is 0.737. The zero-order chi connectivity index (χ0) is 12.7. The fourth-order valence-corrected chi connectivity index (χ4v) is 1.67. The highest BCUT2D eigenvalue weighted by molar-refractivity contribution is 5.68. The van der Waals surface area contributed by atoms with Gasteiger partial charge in [-0.05, 0) is 13.0 Å². The molecule has 0 saturated carbocycles. The first-order chi connectivity index (χ1) is 8.66. The molecule has 0 spiro atoms. The molecule has 0 unspecified atom stereocenters. The molecule has 7 nitrogen and oxygen atoms in total. The average Bonchev–Trinajstić information content (AvgIpc) is 3.02. The van der Waals surface area contributed by atoms with Gasteiger partial charge in [-0.2, -0.15) is 10.1 Å². The second-order valence-electron chi connectivity index (χ2n) is 3.88. The topological polar surface area (TPSA) is 95.9 Å². The zero-order valence-electron chi connectivity index (χ0n) is 9.91. The molecule has 0 amide bonds. The summed E-state index contributed by atoms with van der Waals surface area (Å²) in [6.07, 6.45) is 3.17. The molecule has 3 aromatic rings. The van der Waals surface area contributed by atoms with Gasteiger partial charge in [0.25, 0.3) is 5.89 Å². The third-order valence-electron chi connectivity index (χ3n) is 2.74. The van der Waals surface area contributed by atoms with E-state index in [2.05, 4.69) is 15.2 Å². The predicted molar refractivity (Wildman–Crippen MR) is 63.4 cm³/mol. The highest BCUT2D eigenvalue weighted by Gasteiger charge is 2.17. The molecule has 0 aliphatic heterocycles. The number of hydrogen-bond acceptors (Lipinski definition) is 6. The minimum atomic E-state index is 0.344. The lowest BCUT2D eigenvalue weighted by molar-refractivity contribution is 0.432. The third kappa shape index (κ3) is 1.48. The van der Waals surface area contributed by atoms with Crippen molar-refractivity contribution >= 4 is 5.82 Å². The van der Waals surface area contributed by atoms with Crippen LogP contribution < -0.4 is 5.73 Å². The van der Waals surface area contributed by atoms with Crippen LogP contribution in [0.3, 0.4) is 0 Å². The second kappa shape index (κ2) is 3.73. The number of nitrogen functional groups attached to an aromatic ring is 1. The molecule has 3 rings (SSSR count). The predicted octanol–water partition coefficient (Wildman–Crippen LogP) is 1.62. The maximum absolute atomic E-state index is 5.85. The Morgan fingerprint density at radius 1 is 1.33 bits per heavy atom. The summed E-state index contributed by atoms with van der Waals surface area (Å²) in [5, 5.41) is 7.94. The largest absolute Gasteiger partial charge is 0.469 e. The van der Waals surface area contributed by atoms with Gasteiger partial charge in [-0.25, -0.2) is 0 Å². The monoisotopic (exact) mass is 245 g/mol. The van der Waals surface area contributed by atoms with Crippen LogP contribution in [0.15, 0.2) is 27.5 Å². The van der Waals surface area contributed by atoms with Crippen molar-refractivity contribution in [1.82, 2.24) is 19.9 Å². The Hall–Kier alpha value is -2.57. The van der Waals surface area contributed by atoms with Crippen molar-refractivity contribution in [3.8, 4) is 22.8 Å². The van der Waals surface area contributed by atoms with Gasteiger partial charge < -0.3 is 14.7 Å². The summed E-state index contributed by atoms with van der Waals surface area (Å²) < 4.78 is 11.9. The van der Waals surface area contributed by atoms with Crippen molar-refractivity contribution in [2.75, 3.05) is 5.73 Å². The fraction of sp³-hybridized carbons (Fsp3) is 0.182. The SMILES string of the molecule is Cc1occc1-c1noc(-c2cnn(C)c2N)n1. The minimum absolute atomic E-state index is 0.344. The van der Waals surface area contributed by atoms with Crippen molar-refractivity contribution in [2.45, 2.75) is 6.92 Å². The van der Waals surface area contributed by atoms with Crippen molar-refractivity contribution in [3.63, 3.8) is 0 Å². The van der Waals surface area contributed by atoms with Crippen molar-refractivity contribution in [1.29, 1.82) is 0 Å². The molecule has 7 heteroatoms. The van der Waals surface area contributed by atoms with E-state index in [1.165, 1.54) is 0 Å². The molecule has 0 atom stereocenters. The number of aromatic nitrogens is 4. The summed E-state index contributed by atoms with van der Waals surface area (Å²) in [7, 11) is 1.75. The number of nitrogens with two attached hydrogens (primary N) is 1. The number of hydrogen-bond donors (Lipinski definition) is 1. The Labute approximate surface area is 102 Å². The Balaban J connectivity index is 2.05. The number of aryl methyl sites for hydroxylation is 2. The maximum Gasteiger partial charge on any atom is 0.263 e. The number of anilines is 1. The number of furan rings is 1. The van der Waals surface area contributed by atoms with Crippen LogP contribution >= 0.6 is 0 Å². The van der Waals surface area contributed by atoms with Crippen molar-refractivity contribution < 1.29 is 8.94 Å². The molecule has 18 heavy (non-hydrogen) atoms. The molecule has 2 N–H and O–H groups in total. The number of rotatable bonds is 2. The molecular formula is C11H11N5O2. The summed E-state index contributed by atoms with van der Waals surface area (Å²) in [4.78, 5) is 4.29. The van der Waals surface area contributed by atoms with E-state index in [-0.39, 0.29) is 0 Å². The molecule has 0 aliphatic carbocycles. The first kappa shape index (κ1) is 10.6. The molecule has 0 aromatic carbocycles. The van der Waals surface area contributed by atoms with Gasteiger partial charge in [0, 0.05) is 7.05 Å². The van der Waals surface area contributed by atoms with Crippen LogP contribution in [0.4, 0.5) is 5.82 Å². The molecule has 0 saturated heterocycles. The Bertz CT molecular complexity index is 694. The minimum Gasteiger partial charge on any atom is -0.469 e. The van der Waals surface area contributed by atoms with E-state index < -0.39 is 0 Å². The Morgan fingerprint density at radius 3 is 2.78 bits per heavy atom. The molecule has 0 bridgehead atoms. The Kier molecular flexibility index (Phi) is 2.19. The van der Waals surface area contributed by atoms with E-state index in [0.717, 1.165) is 11.3 Å². The normalized spacial score (nSPS) is 11.0. The van der Waals surface area contributed by atoms with Gasteiger partial charge in [0.1, 0.15) is 17.1 Å².